The van der Waals surface area contributed by atoms with Gasteiger partial charge in [0.25, 0.3) is 0 Å². The van der Waals surface area contributed by atoms with Gasteiger partial charge in [-0.15, -0.1) is 24.0 Å². The second-order valence-electron chi connectivity index (χ2n) is 6.35. The van der Waals surface area contributed by atoms with E-state index in [2.05, 4.69) is 52.6 Å². The molecule has 1 heterocycles. The lowest BCUT2D eigenvalue weighted by Gasteiger charge is -2.31. The van der Waals surface area contributed by atoms with E-state index >= 15 is 0 Å². The van der Waals surface area contributed by atoms with Gasteiger partial charge in [0.15, 0.2) is 5.96 Å². The van der Waals surface area contributed by atoms with E-state index in [1.165, 1.54) is 37.7 Å². The Morgan fingerprint density at radius 1 is 1.19 bits per heavy atom. The van der Waals surface area contributed by atoms with Crippen LogP contribution >= 0.6 is 24.0 Å². The number of rotatable bonds is 4. The Morgan fingerprint density at radius 3 is 2.52 bits per heavy atom. The Bertz CT molecular complexity index is 466. The predicted molar refractivity (Wildman–Crippen MR) is 99.4 cm³/mol. The molecular formula is C17H26IN3. The third kappa shape index (κ3) is 4.11. The number of benzene rings is 1. The van der Waals surface area contributed by atoms with E-state index < -0.39 is 0 Å². The predicted octanol–water partition coefficient (Wildman–Crippen LogP) is 3.30. The van der Waals surface area contributed by atoms with Gasteiger partial charge in [-0.1, -0.05) is 43.2 Å². The first-order valence-electron chi connectivity index (χ1n) is 7.81. The summed E-state index contributed by atoms with van der Waals surface area (Å²) in [5.41, 5.74) is 1.89. The number of halogens is 1. The minimum atomic E-state index is 0. The van der Waals surface area contributed by atoms with E-state index in [4.69, 9.17) is 0 Å². The summed E-state index contributed by atoms with van der Waals surface area (Å²) in [7, 11) is 2.12. The van der Waals surface area contributed by atoms with E-state index in [0.717, 1.165) is 25.6 Å². The number of nitrogens with one attached hydrogen (secondary N) is 1. The van der Waals surface area contributed by atoms with Crippen molar-refractivity contribution < 1.29 is 0 Å². The summed E-state index contributed by atoms with van der Waals surface area (Å²) in [5.74, 6) is 1.09. The van der Waals surface area contributed by atoms with Crippen molar-refractivity contribution in [1.82, 2.24) is 10.2 Å². The molecule has 1 saturated carbocycles. The van der Waals surface area contributed by atoms with Crippen molar-refractivity contribution in [3.63, 3.8) is 0 Å². The lowest BCUT2D eigenvalue weighted by atomic mass is 9.80. The molecule has 0 amide bonds. The average molecular weight is 399 g/mol. The molecule has 0 spiro atoms. The summed E-state index contributed by atoms with van der Waals surface area (Å²) in [6.45, 7) is 3.05. The number of guanidine groups is 1. The van der Waals surface area contributed by atoms with Crippen LogP contribution in [-0.2, 0) is 6.42 Å². The second kappa shape index (κ2) is 7.47. The maximum atomic E-state index is 4.55. The van der Waals surface area contributed by atoms with Gasteiger partial charge in [-0.2, -0.15) is 0 Å². The largest absolute Gasteiger partial charge is 0.356 e. The monoisotopic (exact) mass is 399 g/mol. The van der Waals surface area contributed by atoms with Gasteiger partial charge in [0.1, 0.15) is 0 Å². The first-order valence-corrected chi connectivity index (χ1v) is 7.81. The van der Waals surface area contributed by atoms with Crippen LogP contribution in [0.1, 0.15) is 31.2 Å². The lowest BCUT2D eigenvalue weighted by Crippen LogP contribution is -2.42. The van der Waals surface area contributed by atoms with Gasteiger partial charge in [0, 0.05) is 20.1 Å². The molecule has 116 valence electrons. The molecule has 0 bridgehead atoms. The smallest absolute Gasteiger partial charge is 0.193 e. The van der Waals surface area contributed by atoms with E-state index in [-0.39, 0.29) is 24.0 Å². The number of hydrogen-bond acceptors (Lipinski definition) is 3. The van der Waals surface area contributed by atoms with Gasteiger partial charge in [-0.25, -0.2) is 0 Å². The Hall–Kier alpha value is -0.780. The number of aliphatic imine (C=N–C) groups is 1. The Kier molecular flexibility index (Phi) is 5.90. The fourth-order valence-electron chi connectivity index (χ4n) is 3.56. The fourth-order valence-corrected chi connectivity index (χ4v) is 3.56. The van der Waals surface area contributed by atoms with Crippen LogP contribution in [0.3, 0.4) is 0 Å². The van der Waals surface area contributed by atoms with Crippen LogP contribution in [0, 0.1) is 5.41 Å². The zero-order chi connectivity index (χ0) is 13.8. The Balaban J connectivity index is 0.00000161. The average Bonchev–Trinajstić information content (AvgIpc) is 3.08. The SMILES string of the molecule is CN1CCN=C1NCC1(Cc2ccccc2)CCCC1.I. The molecule has 21 heavy (non-hydrogen) atoms. The van der Waals surface area contributed by atoms with Crippen molar-refractivity contribution in [3.8, 4) is 0 Å². The molecule has 4 heteroatoms. The van der Waals surface area contributed by atoms with Crippen molar-refractivity contribution in [2.24, 2.45) is 10.4 Å². The van der Waals surface area contributed by atoms with Crippen molar-refractivity contribution >= 4 is 29.9 Å². The first kappa shape index (κ1) is 16.6. The highest BCUT2D eigenvalue weighted by Crippen LogP contribution is 2.40. The zero-order valence-corrected chi connectivity index (χ0v) is 15.2. The molecule has 0 radical (unpaired) electrons. The number of likely N-dealkylation sites (N-methyl/N-ethyl adjacent to an activating group) is 1. The van der Waals surface area contributed by atoms with Crippen molar-refractivity contribution in [1.29, 1.82) is 0 Å². The summed E-state index contributed by atoms with van der Waals surface area (Å²) in [6, 6.07) is 10.9. The molecule has 0 saturated heterocycles. The highest BCUT2D eigenvalue weighted by Gasteiger charge is 2.34. The third-order valence-electron chi connectivity index (χ3n) is 4.77. The maximum absolute atomic E-state index is 4.55. The normalized spacial score (nSPS) is 20.0. The molecule has 0 aromatic heterocycles. The first-order chi connectivity index (χ1) is 9.77. The molecular weight excluding hydrogens is 373 g/mol. The van der Waals surface area contributed by atoms with Crippen LogP contribution < -0.4 is 5.32 Å². The molecule has 0 unspecified atom stereocenters. The van der Waals surface area contributed by atoms with Crippen molar-refractivity contribution in [2.75, 3.05) is 26.7 Å². The Labute approximate surface area is 145 Å². The summed E-state index contributed by atoms with van der Waals surface area (Å²) < 4.78 is 0. The van der Waals surface area contributed by atoms with Crippen LogP contribution in [0.2, 0.25) is 0 Å². The van der Waals surface area contributed by atoms with Gasteiger partial charge in [-0.3, -0.25) is 4.99 Å². The van der Waals surface area contributed by atoms with Crippen LogP contribution in [0.15, 0.2) is 35.3 Å². The summed E-state index contributed by atoms with van der Waals surface area (Å²) in [5, 5.41) is 3.61. The minimum absolute atomic E-state index is 0. The molecule has 1 aromatic rings. The van der Waals surface area contributed by atoms with E-state index in [9.17, 15) is 0 Å². The van der Waals surface area contributed by atoms with Crippen molar-refractivity contribution in [3.05, 3.63) is 35.9 Å². The lowest BCUT2D eigenvalue weighted by molar-refractivity contribution is 0.290. The summed E-state index contributed by atoms with van der Waals surface area (Å²) >= 11 is 0. The topological polar surface area (TPSA) is 27.6 Å². The summed E-state index contributed by atoms with van der Waals surface area (Å²) in [6.07, 6.45) is 6.61. The van der Waals surface area contributed by atoms with E-state index in [0.29, 0.717) is 5.41 Å². The molecule has 1 fully saturated rings. The number of hydrogen-bond donors (Lipinski definition) is 1. The molecule has 1 aliphatic carbocycles. The van der Waals surface area contributed by atoms with Crippen LogP contribution in [0.25, 0.3) is 0 Å². The van der Waals surface area contributed by atoms with Gasteiger partial charge < -0.3 is 10.2 Å². The van der Waals surface area contributed by atoms with Crippen LogP contribution in [-0.4, -0.2) is 37.5 Å². The van der Waals surface area contributed by atoms with Crippen LogP contribution in [0.4, 0.5) is 0 Å². The molecule has 2 aliphatic rings. The van der Waals surface area contributed by atoms with E-state index in [1.807, 2.05) is 0 Å². The highest BCUT2D eigenvalue weighted by molar-refractivity contribution is 14.0. The number of nitrogens with zero attached hydrogens (tertiary/aromatic N) is 2. The second-order valence-corrected chi connectivity index (χ2v) is 6.35. The molecule has 3 nitrogen and oxygen atoms in total. The van der Waals surface area contributed by atoms with Gasteiger partial charge in [0.05, 0.1) is 6.54 Å². The zero-order valence-electron chi connectivity index (χ0n) is 12.8. The highest BCUT2D eigenvalue weighted by atomic mass is 127. The van der Waals surface area contributed by atoms with Gasteiger partial charge >= 0.3 is 0 Å². The maximum Gasteiger partial charge on any atom is 0.193 e. The molecule has 1 aromatic carbocycles. The standard InChI is InChI=1S/C17H25N3.HI/c1-20-12-11-18-16(20)19-14-17(9-5-6-10-17)13-15-7-3-2-4-8-15;/h2-4,7-8H,5-6,9-14H2,1H3,(H,18,19);1H. The van der Waals surface area contributed by atoms with Crippen molar-refractivity contribution in [2.45, 2.75) is 32.1 Å². The third-order valence-corrected chi connectivity index (χ3v) is 4.77. The molecule has 1 N–H and O–H groups in total. The molecule has 3 rings (SSSR count). The Morgan fingerprint density at radius 2 is 1.90 bits per heavy atom. The van der Waals surface area contributed by atoms with Gasteiger partial charge in [-0.05, 0) is 30.2 Å². The van der Waals surface area contributed by atoms with Crippen LogP contribution in [0.5, 0.6) is 0 Å². The fraction of sp³-hybridized carbons (Fsp3) is 0.588. The minimum Gasteiger partial charge on any atom is -0.356 e. The van der Waals surface area contributed by atoms with Gasteiger partial charge in [0.2, 0.25) is 0 Å². The quantitative estimate of drug-likeness (QED) is 0.787. The summed E-state index contributed by atoms with van der Waals surface area (Å²) in [4.78, 5) is 6.77. The van der Waals surface area contributed by atoms with E-state index in [1.54, 1.807) is 0 Å². The molecule has 0 atom stereocenters. The molecule has 1 aliphatic heterocycles.